The van der Waals surface area contributed by atoms with Gasteiger partial charge in [-0.25, -0.2) is 9.18 Å². The molecule has 3 rings (SSSR count). The van der Waals surface area contributed by atoms with Crippen LogP contribution in [0.3, 0.4) is 0 Å². The van der Waals surface area contributed by atoms with E-state index in [2.05, 4.69) is 0 Å². The van der Waals surface area contributed by atoms with Crippen LogP contribution in [0.25, 0.3) is 0 Å². The van der Waals surface area contributed by atoms with Crippen LogP contribution in [0.1, 0.15) is 55.7 Å². The molecule has 0 N–H and O–H groups in total. The summed E-state index contributed by atoms with van der Waals surface area (Å²) in [5.74, 6) is -0.709. The van der Waals surface area contributed by atoms with Gasteiger partial charge in [-0.05, 0) is 62.9 Å². The lowest BCUT2D eigenvalue weighted by Gasteiger charge is -2.41. The second-order valence-corrected chi connectivity index (χ2v) is 11.5. The SMILES string of the molecule is CC[N+](C)(CCOC(=O)OCOC(=O)CCC[N+]1(Cc2ccc([N+](=O)[O-])cc2)CCCCC1)Cc1ccc(F)cc1C. The van der Waals surface area contributed by atoms with Gasteiger partial charge in [-0.2, -0.15) is 0 Å². The molecule has 1 atom stereocenters. The van der Waals surface area contributed by atoms with Crippen molar-refractivity contribution in [2.24, 2.45) is 0 Å². The molecule has 0 aromatic heterocycles. The Bertz CT molecular complexity index is 1200. The number of esters is 1. The van der Waals surface area contributed by atoms with E-state index < -0.39 is 23.8 Å². The molecule has 1 fully saturated rings. The molecule has 11 heteroatoms. The minimum atomic E-state index is -0.899. The van der Waals surface area contributed by atoms with Crippen LogP contribution in [0.5, 0.6) is 0 Å². The van der Waals surface area contributed by atoms with Crippen molar-refractivity contribution in [3.05, 3.63) is 75.1 Å². The fourth-order valence-electron chi connectivity index (χ4n) is 5.52. The molecule has 230 valence electrons. The van der Waals surface area contributed by atoms with E-state index in [4.69, 9.17) is 14.2 Å². The fourth-order valence-corrected chi connectivity index (χ4v) is 5.52. The lowest BCUT2D eigenvalue weighted by Crippen LogP contribution is -2.51. The number of non-ortho nitro benzene ring substituents is 1. The number of rotatable bonds is 15. The number of aryl methyl sites for hydroxylation is 1. The van der Waals surface area contributed by atoms with E-state index >= 15 is 0 Å². The predicted octanol–water partition coefficient (Wildman–Crippen LogP) is 5.64. The largest absolute Gasteiger partial charge is 0.511 e. The lowest BCUT2D eigenvalue weighted by molar-refractivity contribution is -0.945. The van der Waals surface area contributed by atoms with Crippen molar-refractivity contribution in [1.29, 1.82) is 0 Å². The Morgan fingerprint density at radius 1 is 1.05 bits per heavy atom. The monoisotopic (exact) mass is 589 g/mol. The highest BCUT2D eigenvalue weighted by molar-refractivity contribution is 5.69. The maximum absolute atomic E-state index is 13.4. The Balaban J connectivity index is 1.35. The summed E-state index contributed by atoms with van der Waals surface area (Å²) in [7, 11) is 2.04. The Morgan fingerprint density at radius 3 is 2.40 bits per heavy atom. The number of benzene rings is 2. The van der Waals surface area contributed by atoms with Crippen molar-refractivity contribution in [1.82, 2.24) is 0 Å². The molecule has 0 radical (unpaired) electrons. The van der Waals surface area contributed by atoms with Crippen LogP contribution < -0.4 is 0 Å². The predicted molar refractivity (Wildman–Crippen MR) is 155 cm³/mol. The number of ether oxygens (including phenoxy) is 3. The molecule has 2 aromatic rings. The average Bonchev–Trinajstić information content (AvgIpc) is 2.95. The summed E-state index contributed by atoms with van der Waals surface area (Å²) in [6, 6.07) is 11.4. The van der Waals surface area contributed by atoms with E-state index in [0.29, 0.717) is 24.0 Å². The van der Waals surface area contributed by atoms with Crippen LogP contribution in [0.15, 0.2) is 42.5 Å². The van der Waals surface area contributed by atoms with E-state index in [1.165, 1.54) is 30.7 Å². The maximum Gasteiger partial charge on any atom is 0.511 e. The number of nitro benzene ring substituents is 1. The second-order valence-electron chi connectivity index (χ2n) is 11.5. The molecule has 42 heavy (non-hydrogen) atoms. The van der Waals surface area contributed by atoms with Gasteiger partial charge in [-0.3, -0.25) is 14.9 Å². The zero-order chi connectivity index (χ0) is 30.6. The molecule has 0 amide bonds. The summed E-state index contributed by atoms with van der Waals surface area (Å²) in [5, 5.41) is 11.0. The number of nitrogens with zero attached hydrogens (tertiary/aromatic N) is 3. The zero-order valence-electron chi connectivity index (χ0n) is 25.0. The highest BCUT2D eigenvalue weighted by Crippen LogP contribution is 2.25. The standard InChI is InChI=1S/C31H44FN3O7/c1-4-34(3,23-27-12-13-28(32)21-25(27)2)19-20-40-31(37)42-24-41-30(36)9-8-18-35(16-6-5-7-17-35)22-26-10-14-29(15-11-26)33(38)39/h10-15,21H,4-9,16-20,22-24H2,1-3H3/q+2. The summed E-state index contributed by atoms with van der Waals surface area (Å²) < 4.78 is 30.1. The Hall–Kier alpha value is -3.57. The smallest absolute Gasteiger partial charge is 0.428 e. The highest BCUT2D eigenvalue weighted by Gasteiger charge is 2.30. The van der Waals surface area contributed by atoms with Gasteiger partial charge in [0.2, 0.25) is 6.79 Å². The number of carbonyl (C=O) groups excluding carboxylic acids is 2. The van der Waals surface area contributed by atoms with Crippen molar-refractivity contribution in [2.75, 3.05) is 53.2 Å². The number of carbonyl (C=O) groups is 2. The van der Waals surface area contributed by atoms with Crippen molar-refractivity contribution in [2.45, 2.75) is 59.0 Å². The van der Waals surface area contributed by atoms with E-state index in [9.17, 15) is 24.1 Å². The normalized spacial score (nSPS) is 15.8. The lowest BCUT2D eigenvalue weighted by atomic mass is 10.0. The van der Waals surface area contributed by atoms with Crippen molar-refractivity contribution >= 4 is 17.8 Å². The van der Waals surface area contributed by atoms with E-state index in [0.717, 1.165) is 66.7 Å². The first-order valence-corrected chi connectivity index (χ1v) is 14.7. The van der Waals surface area contributed by atoms with Gasteiger partial charge in [0.25, 0.3) is 5.69 Å². The van der Waals surface area contributed by atoms with Crippen LogP contribution in [-0.4, -0.2) is 79.2 Å². The molecule has 10 nitrogen and oxygen atoms in total. The molecule has 0 spiro atoms. The van der Waals surface area contributed by atoms with Crippen molar-refractivity contribution in [3.8, 4) is 0 Å². The number of nitro groups is 1. The van der Waals surface area contributed by atoms with Crippen LogP contribution in [0, 0.1) is 22.9 Å². The molecule has 1 saturated heterocycles. The van der Waals surface area contributed by atoms with Gasteiger partial charge in [0.1, 0.15) is 32.1 Å². The number of piperidine rings is 1. The molecule has 0 aliphatic carbocycles. The molecule has 1 heterocycles. The molecule has 2 aromatic carbocycles. The number of likely N-dealkylation sites (tertiary alicyclic amines) is 1. The minimum Gasteiger partial charge on any atom is -0.428 e. The number of halogens is 1. The van der Waals surface area contributed by atoms with Gasteiger partial charge in [0, 0.05) is 29.7 Å². The molecule has 1 aliphatic rings. The van der Waals surface area contributed by atoms with Crippen molar-refractivity contribution < 1.29 is 42.1 Å². The Kier molecular flexibility index (Phi) is 12.2. The highest BCUT2D eigenvalue weighted by atomic mass is 19.1. The van der Waals surface area contributed by atoms with E-state index in [1.54, 1.807) is 6.07 Å². The fraction of sp³-hybridized carbons (Fsp3) is 0.548. The first-order chi connectivity index (χ1) is 20.0. The third kappa shape index (κ3) is 10.4. The van der Waals surface area contributed by atoms with E-state index in [-0.39, 0.29) is 24.5 Å². The van der Waals surface area contributed by atoms with Crippen molar-refractivity contribution in [3.63, 3.8) is 0 Å². The summed E-state index contributed by atoms with van der Waals surface area (Å²) in [6.07, 6.45) is 3.32. The second kappa shape index (κ2) is 15.6. The van der Waals surface area contributed by atoms with Gasteiger partial charge < -0.3 is 23.2 Å². The van der Waals surface area contributed by atoms with Crippen LogP contribution >= 0.6 is 0 Å². The van der Waals surface area contributed by atoms with Gasteiger partial charge >= 0.3 is 12.1 Å². The third-order valence-electron chi connectivity index (χ3n) is 8.31. The Morgan fingerprint density at radius 2 is 1.76 bits per heavy atom. The molecular formula is C31H44FN3O7+2. The first kappa shape index (κ1) is 32.9. The summed E-state index contributed by atoms with van der Waals surface area (Å²) >= 11 is 0. The van der Waals surface area contributed by atoms with Gasteiger partial charge in [-0.1, -0.05) is 6.07 Å². The summed E-state index contributed by atoms with van der Waals surface area (Å²) in [5.41, 5.74) is 3.04. The Labute approximate surface area is 247 Å². The van der Waals surface area contributed by atoms with Gasteiger partial charge in [0.15, 0.2) is 0 Å². The topological polar surface area (TPSA) is 105 Å². The quantitative estimate of drug-likeness (QED) is 0.0870. The average molecular weight is 590 g/mol. The summed E-state index contributed by atoms with van der Waals surface area (Å²) in [4.78, 5) is 34.9. The number of hydrogen-bond donors (Lipinski definition) is 0. The van der Waals surface area contributed by atoms with Gasteiger partial charge in [0.05, 0.1) is 44.6 Å². The molecular weight excluding hydrogens is 545 g/mol. The van der Waals surface area contributed by atoms with Crippen LogP contribution in [0.4, 0.5) is 14.9 Å². The third-order valence-corrected chi connectivity index (χ3v) is 8.31. The molecule has 0 bridgehead atoms. The van der Waals surface area contributed by atoms with Gasteiger partial charge in [-0.15, -0.1) is 0 Å². The van der Waals surface area contributed by atoms with E-state index in [1.807, 2.05) is 33.0 Å². The number of quaternary nitrogens is 2. The zero-order valence-corrected chi connectivity index (χ0v) is 25.0. The molecule has 0 saturated carbocycles. The maximum atomic E-state index is 13.4. The first-order valence-electron chi connectivity index (χ1n) is 14.7. The van der Waals surface area contributed by atoms with Crippen LogP contribution in [-0.2, 0) is 32.1 Å². The number of likely N-dealkylation sites (N-methyl/N-ethyl adjacent to an activating group) is 1. The minimum absolute atomic E-state index is 0.0772. The molecule has 1 aliphatic heterocycles. The number of hydrogen-bond acceptors (Lipinski definition) is 7. The van der Waals surface area contributed by atoms with Crippen LogP contribution in [0.2, 0.25) is 0 Å². The summed E-state index contributed by atoms with van der Waals surface area (Å²) in [6.45, 7) is 9.11. The molecule has 1 unspecified atom stereocenters.